The molecular weight excluding hydrogens is 362 g/mol. The van der Waals surface area contributed by atoms with Gasteiger partial charge in [0.2, 0.25) is 5.91 Å². The van der Waals surface area contributed by atoms with Crippen LogP contribution in [0, 0.1) is 6.92 Å². The van der Waals surface area contributed by atoms with Crippen LogP contribution in [-0.4, -0.2) is 56.1 Å². The van der Waals surface area contributed by atoms with Crippen LogP contribution in [0.3, 0.4) is 0 Å². The minimum atomic E-state index is -0.828. The van der Waals surface area contributed by atoms with E-state index in [0.717, 1.165) is 0 Å². The molecule has 1 amide bonds. The molecule has 0 heterocycles. The first-order chi connectivity index (χ1) is 12.3. The third-order valence-corrected chi connectivity index (χ3v) is 4.69. The lowest BCUT2D eigenvalue weighted by Crippen LogP contribution is -2.42. The molecule has 0 aliphatic carbocycles. The third kappa shape index (κ3) is 5.29. The minimum absolute atomic E-state index is 0.116. The highest BCUT2D eigenvalue weighted by Crippen LogP contribution is 2.35. The molecule has 26 heavy (non-hydrogen) atoms. The molecular formula is C17H23NO7S. The molecule has 0 fully saturated rings. The number of hydrogen-bond acceptors (Lipinski definition) is 8. The largest absolute Gasteiger partial charge is 0.507 e. The molecule has 0 spiro atoms. The maximum atomic E-state index is 12.1. The zero-order chi connectivity index (χ0) is 19.9. The van der Waals surface area contributed by atoms with Gasteiger partial charge in [-0.2, -0.15) is 11.8 Å². The average molecular weight is 385 g/mol. The SMILES string of the molecule is COC(=O)c1c(C)c(OC)cc(O)c1CSC[C@H](NC(C)=O)C(=O)OC. The number of methoxy groups -OCH3 is 3. The van der Waals surface area contributed by atoms with Crippen molar-refractivity contribution >= 4 is 29.6 Å². The van der Waals surface area contributed by atoms with Gasteiger partial charge in [0.15, 0.2) is 0 Å². The fourth-order valence-corrected chi connectivity index (χ4v) is 3.44. The van der Waals surface area contributed by atoms with E-state index < -0.39 is 18.0 Å². The highest BCUT2D eigenvalue weighted by Gasteiger charge is 2.24. The Hall–Kier alpha value is -2.42. The highest BCUT2D eigenvalue weighted by molar-refractivity contribution is 7.98. The predicted octanol–water partition coefficient (Wildman–Crippen LogP) is 1.41. The van der Waals surface area contributed by atoms with Gasteiger partial charge in [0, 0.05) is 35.6 Å². The van der Waals surface area contributed by atoms with Gasteiger partial charge in [0.1, 0.15) is 17.5 Å². The van der Waals surface area contributed by atoms with Gasteiger partial charge in [-0.1, -0.05) is 0 Å². The molecule has 0 bridgehead atoms. The van der Waals surface area contributed by atoms with Gasteiger partial charge in [-0.25, -0.2) is 9.59 Å². The maximum absolute atomic E-state index is 12.1. The van der Waals surface area contributed by atoms with Crippen LogP contribution >= 0.6 is 11.8 Å². The molecule has 1 atom stereocenters. The van der Waals surface area contributed by atoms with Crippen molar-refractivity contribution in [3.63, 3.8) is 0 Å². The number of hydrogen-bond donors (Lipinski definition) is 2. The molecule has 8 nitrogen and oxygen atoms in total. The lowest BCUT2D eigenvalue weighted by Gasteiger charge is -2.18. The number of rotatable bonds is 8. The van der Waals surface area contributed by atoms with E-state index in [1.54, 1.807) is 6.92 Å². The van der Waals surface area contributed by atoms with Gasteiger partial charge in [0.05, 0.1) is 26.9 Å². The summed E-state index contributed by atoms with van der Waals surface area (Å²) in [6.07, 6.45) is 0. The Morgan fingerprint density at radius 3 is 2.38 bits per heavy atom. The van der Waals surface area contributed by atoms with E-state index in [0.29, 0.717) is 16.9 Å². The van der Waals surface area contributed by atoms with E-state index in [1.165, 1.54) is 46.1 Å². The van der Waals surface area contributed by atoms with Crippen molar-refractivity contribution in [2.75, 3.05) is 27.1 Å². The van der Waals surface area contributed by atoms with Crippen molar-refractivity contribution in [1.29, 1.82) is 0 Å². The summed E-state index contributed by atoms with van der Waals surface area (Å²) in [4.78, 5) is 35.1. The van der Waals surface area contributed by atoms with Crippen LogP contribution in [-0.2, 0) is 24.8 Å². The molecule has 1 aromatic carbocycles. The van der Waals surface area contributed by atoms with Gasteiger partial charge < -0.3 is 24.6 Å². The molecule has 0 saturated heterocycles. The van der Waals surface area contributed by atoms with Crippen molar-refractivity contribution < 1.29 is 33.7 Å². The van der Waals surface area contributed by atoms with Crippen LogP contribution in [0.5, 0.6) is 11.5 Å². The fraction of sp³-hybridized carbons (Fsp3) is 0.471. The lowest BCUT2D eigenvalue weighted by molar-refractivity contribution is -0.144. The molecule has 0 aromatic heterocycles. The molecule has 1 rings (SSSR count). The first-order valence-corrected chi connectivity index (χ1v) is 8.82. The van der Waals surface area contributed by atoms with Crippen LogP contribution in [0.25, 0.3) is 0 Å². The molecule has 2 N–H and O–H groups in total. The number of aromatic hydroxyl groups is 1. The minimum Gasteiger partial charge on any atom is -0.507 e. The van der Waals surface area contributed by atoms with Crippen molar-refractivity contribution in [1.82, 2.24) is 5.32 Å². The van der Waals surface area contributed by atoms with Crippen LogP contribution in [0.4, 0.5) is 0 Å². The van der Waals surface area contributed by atoms with Crippen molar-refractivity contribution in [3.8, 4) is 11.5 Å². The Morgan fingerprint density at radius 1 is 1.23 bits per heavy atom. The van der Waals surface area contributed by atoms with Crippen molar-refractivity contribution in [2.45, 2.75) is 25.6 Å². The summed E-state index contributed by atoms with van der Waals surface area (Å²) in [6, 6.07) is 0.592. The van der Waals surface area contributed by atoms with Crippen molar-refractivity contribution in [3.05, 3.63) is 22.8 Å². The first kappa shape index (κ1) is 21.6. The zero-order valence-corrected chi connectivity index (χ0v) is 16.2. The summed E-state index contributed by atoms with van der Waals surface area (Å²) in [5.74, 6) is -0.864. The Labute approximate surface area is 156 Å². The monoisotopic (exact) mass is 385 g/mol. The number of amides is 1. The third-order valence-electron chi connectivity index (χ3n) is 3.63. The maximum Gasteiger partial charge on any atom is 0.338 e. The number of thioether (sulfide) groups is 1. The van der Waals surface area contributed by atoms with Gasteiger partial charge >= 0.3 is 11.9 Å². The smallest absolute Gasteiger partial charge is 0.338 e. The molecule has 0 saturated carbocycles. The van der Waals surface area contributed by atoms with Gasteiger partial charge in [0.25, 0.3) is 0 Å². The second kappa shape index (κ2) is 9.91. The molecule has 0 aliphatic rings. The number of nitrogens with one attached hydrogen (secondary N) is 1. The van der Waals surface area contributed by atoms with E-state index in [4.69, 9.17) is 9.47 Å². The van der Waals surface area contributed by atoms with Crippen LogP contribution in [0.2, 0.25) is 0 Å². The summed E-state index contributed by atoms with van der Waals surface area (Å²) in [5, 5.41) is 12.8. The van der Waals surface area contributed by atoms with Crippen LogP contribution < -0.4 is 10.1 Å². The molecule has 0 unspecified atom stereocenters. The summed E-state index contributed by atoms with van der Waals surface area (Å²) in [7, 11) is 3.92. The van der Waals surface area contributed by atoms with E-state index in [1.807, 2.05) is 0 Å². The number of ether oxygens (including phenoxy) is 3. The summed E-state index contributed by atoms with van der Waals surface area (Å²) in [6.45, 7) is 2.99. The second-order valence-electron chi connectivity index (χ2n) is 5.36. The zero-order valence-electron chi connectivity index (χ0n) is 15.4. The van der Waals surface area contributed by atoms with Gasteiger partial charge in [-0.15, -0.1) is 0 Å². The molecule has 0 aliphatic heterocycles. The van der Waals surface area contributed by atoms with Crippen molar-refractivity contribution in [2.24, 2.45) is 0 Å². The normalized spacial score (nSPS) is 11.4. The number of esters is 2. The average Bonchev–Trinajstić information content (AvgIpc) is 2.61. The standard InChI is InChI=1S/C17H23NO7S/c1-9-14(23-3)6-13(20)11(15(9)17(22)25-5)7-26-8-12(16(21)24-4)18-10(2)19/h6,12,20H,7-8H2,1-5H3,(H,18,19)/t12-/m0/s1. The van der Waals surface area contributed by atoms with Gasteiger partial charge in [-0.05, 0) is 6.92 Å². The summed E-state index contributed by atoms with van der Waals surface area (Å²) in [5.41, 5.74) is 1.12. The molecule has 1 aromatic rings. The number of phenols is 1. The number of carbonyl (C=O) groups is 3. The molecule has 9 heteroatoms. The Kier molecular flexibility index (Phi) is 8.24. The summed E-state index contributed by atoms with van der Waals surface area (Å²) < 4.78 is 14.6. The van der Waals surface area contributed by atoms with E-state index in [-0.39, 0.29) is 28.7 Å². The van der Waals surface area contributed by atoms with Crippen LogP contribution in [0.15, 0.2) is 6.07 Å². The van der Waals surface area contributed by atoms with Crippen LogP contribution in [0.1, 0.15) is 28.4 Å². The molecule has 144 valence electrons. The van der Waals surface area contributed by atoms with E-state index in [2.05, 4.69) is 10.1 Å². The lowest BCUT2D eigenvalue weighted by atomic mass is 10.0. The number of benzene rings is 1. The fourth-order valence-electron chi connectivity index (χ4n) is 2.37. The predicted molar refractivity (Wildman–Crippen MR) is 96.5 cm³/mol. The Bertz CT molecular complexity index is 690. The topological polar surface area (TPSA) is 111 Å². The van der Waals surface area contributed by atoms with E-state index >= 15 is 0 Å². The summed E-state index contributed by atoms with van der Waals surface area (Å²) >= 11 is 1.25. The second-order valence-corrected chi connectivity index (χ2v) is 6.39. The van der Waals surface area contributed by atoms with E-state index in [9.17, 15) is 19.5 Å². The quantitative estimate of drug-likeness (QED) is 0.646. The number of phenolic OH excluding ortho intramolecular Hbond substituents is 1. The highest BCUT2D eigenvalue weighted by atomic mass is 32.2. The first-order valence-electron chi connectivity index (χ1n) is 7.67. The van der Waals surface area contributed by atoms with Gasteiger partial charge in [-0.3, -0.25) is 4.79 Å². The molecule has 0 radical (unpaired) electrons. The number of carbonyl (C=O) groups excluding carboxylic acids is 3. The Morgan fingerprint density at radius 2 is 1.88 bits per heavy atom. The Balaban J connectivity index is 3.05.